The van der Waals surface area contributed by atoms with Crippen molar-refractivity contribution >= 4 is 22.2 Å². The Labute approximate surface area is 174 Å². The Balaban J connectivity index is 1.35. The third-order valence-electron chi connectivity index (χ3n) is 5.51. The number of hydrogen-bond acceptors (Lipinski definition) is 3. The summed E-state index contributed by atoms with van der Waals surface area (Å²) in [7, 11) is 0. The van der Waals surface area contributed by atoms with Crippen LogP contribution in [0.3, 0.4) is 0 Å². The van der Waals surface area contributed by atoms with E-state index in [0.29, 0.717) is 6.04 Å². The molecular weight excluding hydrogens is 378 g/mol. The fraction of sp³-hybridized carbons (Fsp3) is 0.250. The van der Waals surface area contributed by atoms with Crippen LogP contribution in [0, 0.1) is 6.92 Å². The lowest BCUT2D eigenvalue weighted by molar-refractivity contribution is 0.0744. The van der Waals surface area contributed by atoms with Gasteiger partial charge in [0.05, 0.1) is 5.69 Å². The number of carbonyl (C=O) groups excluding carboxylic acids is 1. The zero-order chi connectivity index (χ0) is 19.8. The minimum atomic E-state index is 0.144. The van der Waals surface area contributed by atoms with Gasteiger partial charge in [-0.1, -0.05) is 48.0 Å². The second-order valence-corrected chi connectivity index (χ2v) is 8.55. The fourth-order valence-corrected chi connectivity index (χ4v) is 4.60. The van der Waals surface area contributed by atoms with Gasteiger partial charge >= 0.3 is 0 Å². The Morgan fingerprint density at radius 3 is 2.62 bits per heavy atom. The molecule has 0 unspecified atom stereocenters. The number of benzene rings is 2. The molecule has 5 heteroatoms. The van der Waals surface area contributed by atoms with Gasteiger partial charge in [0.15, 0.2) is 4.96 Å². The predicted molar refractivity (Wildman–Crippen MR) is 117 cm³/mol. The number of amides is 1. The lowest BCUT2D eigenvalue weighted by Crippen LogP contribution is -2.35. The lowest BCUT2D eigenvalue weighted by atomic mass is 10.1. The maximum Gasteiger partial charge on any atom is 0.254 e. The van der Waals surface area contributed by atoms with Gasteiger partial charge in [-0.15, -0.1) is 11.3 Å². The minimum Gasteiger partial charge on any atom is -0.335 e. The quantitative estimate of drug-likeness (QED) is 0.444. The molecule has 5 rings (SSSR count). The molecule has 2 heterocycles. The number of nitrogens with zero attached hydrogens (tertiary/aromatic N) is 3. The Morgan fingerprint density at radius 1 is 1.14 bits per heavy atom. The van der Waals surface area contributed by atoms with Gasteiger partial charge in [0.2, 0.25) is 0 Å². The summed E-state index contributed by atoms with van der Waals surface area (Å²) >= 11 is 1.66. The molecule has 146 valence electrons. The van der Waals surface area contributed by atoms with E-state index < -0.39 is 0 Å². The third-order valence-corrected chi connectivity index (χ3v) is 6.40. The molecule has 0 aliphatic heterocycles. The molecule has 0 spiro atoms. The van der Waals surface area contributed by atoms with Crippen molar-refractivity contribution in [3.05, 3.63) is 83.0 Å². The molecule has 4 aromatic rings. The van der Waals surface area contributed by atoms with Gasteiger partial charge in [-0.25, -0.2) is 4.98 Å². The number of carbonyl (C=O) groups is 1. The molecule has 1 fully saturated rings. The van der Waals surface area contributed by atoms with Gasteiger partial charge in [0.25, 0.3) is 5.91 Å². The van der Waals surface area contributed by atoms with Gasteiger partial charge in [-0.2, -0.15) is 0 Å². The number of imidazole rings is 1. The Kier molecular flexibility index (Phi) is 4.68. The van der Waals surface area contributed by atoms with Crippen molar-refractivity contribution in [3.63, 3.8) is 0 Å². The molecule has 1 amide bonds. The van der Waals surface area contributed by atoms with Crippen molar-refractivity contribution in [2.45, 2.75) is 32.2 Å². The van der Waals surface area contributed by atoms with Crippen molar-refractivity contribution in [1.82, 2.24) is 14.3 Å². The van der Waals surface area contributed by atoms with Crippen LogP contribution in [0.25, 0.3) is 16.2 Å². The van der Waals surface area contributed by atoms with Crippen LogP contribution in [0.2, 0.25) is 0 Å². The van der Waals surface area contributed by atoms with Gasteiger partial charge in [0, 0.05) is 47.4 Å². The number of hydrogen-bond donors (Lipinski definition) is 0. The third kappa shape index (κ3) is 3.70. The molecule has 1 aliphatic carbocycles. The molecule has 4 nitrogen and oxygen atoms in total. The highest BCUT2D eigenvalue weighted by atomic mass is 32.1. The first-order chi connectivity index (χ1) is 14.2. The standard InChI is InChI=1S/C24H23N3OS/c1-17-7-9-18(10-8-17)22-15-27-21(16-29-24(27)25-22)13-14-26(20-11-12-20)23(28)19-5-3-2-4-6-19/h2-10,15-16,20H,11-14H2,1H3. The van der Waals surface area contributed by atoms with Gasteiger partial charge in [-0.3, -0.25) is 9.20 Å². The summed E-state index contributed by atoms with van der Waals surface area (Å²) in [6.45, 7) is 2.83. The Hall–Kier alpha value is -2.92. The van der Waals surface area contributed by atoms with Crippen LogP contribution in [-0.2, 0) is 6.42 Å². The molecule has 1 saturated carbocycles. The van der Waals surface area contributed by atoms with Crippen molar-refractivity contribution in [2.24, 2.45) is 0 Å². The summed E-state index contributed by atoms with van der Waals surface area (Å²) in [5, 5.41) is 2.17. The van der Waals surface area contributed by atoms with E-state index in [1.807, 2.05) is 30.3 Å². The number of thiazole rings is 1. The van der Waals surface area contributed by atoms with E-state index in [4.69, 9.17) is 4.98 Å². The van der Waals surface area contributed by atoms with Crippen molar-refractivity contribution in [1.29, 1.82) is 0 Å². The maximum atomic E-state index is 13.0. The van der Waals surface area contributed by atoms with Crippen LogP contribution in [-0.4, -0.2) is 32.8 Å². The molecule has 0 N–H and O–H groups in total. The Morgan fingerprint density at radius 2 is 1.90 bits per heavy atom. The van der Waals surface area contributed by atoms with Crippen LogP contribution in [0.4, 0.5) is 0 Å². The summed E-state index contributed by atoms with van der Waals surface area (Å²) in [5.74, 6) is 0.144. The largest absolute Gasteiger partial charge is 0.335 e. The molecule has 0 atom stereocenters. The van der Waals surface area contributed by atoms with E-state index in [-0.39, 0.29) is 5.91 Å². The Bertz CT molecular complexity index is 1140. The molecule has 1 aliphatic rings. The molecule has 0 bridgehead atoms. The highest BCUT2D eigenvalue weighted by molar-refractivity contribution is 7.15. The lowest BCUT2D eigenvalue weighted by Gasteiger charge is -2.22. The molecule has 0 radical (unpaired) electrons. The summed E-state index contributed by atoms with van der Waals surface area (Å²) in [6, 6.07) is 18.5. The summed E-state index contributed by atoms with van der Waals surface area (Å²) in [6.07, 6.45) is 5.17. The van der Waals surface area contributed by atoms with E-state index in [1.165, 1.54) is 11.3 Å². The summed E-state index contributed by atoms with van der Waals surface area (Å²) < 4.78 is 2.18. The van der Waals surface area contributed by atoms with Crippen LogP contribution >= 0.6 is 11.3 Å². The van der Waals surface area contributed by atoms with Gasteiger partial charge < -0.3 is 4.90 Å². The smallest absolute Gasteiger partial charge is 0.254 e. The van der Waals surface area contributed by atoms with E-state index in [0.717, 1.165) is 47.6 Å². The first-order valence-electron chi connectivity index (χ1n) is 10.1. The van der Waals surface area contributed by atoms with E-state index in [2.05, 4.69) is 52.1 Å². The van der Waals surface area contributed by atoms with Crippen LogP contribution in [0.1, 0.15) is 34.5 Å². The monoisotopic (exact) mass is 401 g/mol. The predicted octanol–water partition coefficient (Wildman–Crippen LogP) is 5.22. The molecule has 2 aromatic heterocycles. The highest BCUT2D eigenvalue weighted by Crippen LogP contribution is 2.29. The topological polar surface area (TPSA) is 37.6 Å². The van der Waals surface area contributed by atoms with E-state index >= 15 is 0 Å². The molecular formula is C24H23N3OS. The maximum absolute atomic E-state index is 13.0. The van der Waals surface area contributed by atoms with Crippen LogP contribution in [0.5, 0.6) is 0 Å². The number of aryl methyl sites for hydroxylation is 1. The average molecular weight is 402 g/mol. The number of fused-ring (bicyclic) bond motifs is 1. The average Bonchev–Trinajstić information content (AvgIpc) is 3.38. The SMILES string of the molecule is Cc1ccc(-c2cn3c(CCN(C(=O)c4ccccc4)C4CC4)csc3n2)cc1. The van der Waals surface area contributed by atoms with Crippen molar-refractivity contribution in [2.75, 3.05) is 6.54 Å². The zero-order valence-corrected chi connectivity index (χ0v) is 17.2. The van der Waals surface area contributed by atoms with Gasteiger partial charge in [0.1, 0.15) is 0 Å². The minimum absolute atomic E-state index is 0.144. The molecule has 29 heavy (non-hydrogen) atoms. The number of aromatic nitrogens is 2. The normalized spacial score (nSPS) is 13.7. The first-order valence-corrected chi connectivity index (χ1v) is 11.0. The first kappa shape index (κ1) is 18.1. The van der Waals surface area contributed by atoms with Crippen molar-refractivity contribution < 1.29 is 4.79 Å². The summed E-state index contributed by atoms with van der Waals surface area (Å²) in [4.78, 5) is 20.8. The van der Waals surface area contributed by atoms with E-state index in [1.54, 1.807) is 11.3 Å². The van der Waals surface area contributed by atoms with Crippen LogP contribution < -0.4 is 0 Å². The van der Waals surface area contributed by atoms with Gasteiger partial charge in [-0.05, 0) is 31.9 Å². The fourth-order valence-electron chi connectivity index (χ4n) is 3.69. The zero-order valence-electron chi connectivity index (χ0n) is 16.4. The summed E-state index contributed by atoms with van der Waals surface area (Å²) in [5.41, 5.74) is 5.37. The van der Waals surface area contributed by atoms with Crippen LogP contribution in [0.15, 0.2) is 66.2 Å². The second-order valence-electron chi connectivity index (χ2n) is 7.72. The molecule has 2 aromatic carbocycles. The highest BCUT2D eigenvalue weighted by Gasteiger charge is 2.32. The van der Waals surface area contributed by atoms with E-state index in [9.17, 15) is 4.79 Å². The van der Waals surface area contributed by atoms with Crippen molar-refractivity contribution in [3.8, 4) is 11.3 Å². The number of rotatable bonds is 6. The molecule has 0 saturated heterocycles. The second kappa shape index (κ2) is 7.48.